The van der Waals surface area contributed by atoms with Crippen LogP contribution in [-0.2, 0) is 5.41 Å². The first kappa shape index (κ1) is 14.8. The zero-order chi connectivity index (χ0) is 16.7. The summed E-state index contributed by atoms with van der Waals surface area (Å²) in [6.45, 7) is 0. The molecule has 1 saturated carbocycles. The minimum absolute atomic E-state index is 0.235. The fourth-order valence-electron chi connectivity index (χ4n) is 4.98. The molecule has 2 aliphatic rings. The number of hydrogen-bond donors (Lipinski definition) is 1. The maximum Gasteiger partial charge on any atom is 0.0467 e. The van der Waals surface area contributed by atoms with Gasteiger partial charge < -0.3 is 5.32 Å². The van der Waals surface area contributed by atoms with Crippen LogP contribution < -0.4 is 5.32 Å². The monoisotopic (exact) mass is 325 g/mol. The molecular weight excluding hydrogens is 302 g/mol. The van der Waals surface area contributed by atoms with Gasteiger partial charge in [0.25, 0.3) is 0 Å². The molecule has 0 atom stereocenters. The maximum absolute atomic E-state index is 3.67. The second-order valence-corrected chi connectivity index (χ2v) is 7.41. The van der Waals surface area contributed by atoms with Crippen LogP contribution in [0.25, 0.3) is 11.1 Å². The molecule has 1 fully saturated rings. The summed E-state index contributed by atoms with van der Waals surface area (Å²) < 4.78 is 0. The molecule has 0 aromatic heterocycles. The number of para-hydroxylation sites is 1. The van der Waals surface area contributed by atoms with E-state index >= 15 is 0 Å². The molecule has 1 nitrogen and oxygen atoms in total. The zero-order valence-electron chi connectivity index (χ0n) is 14.5. The molecule has 3 aromatic carbocycles. The third kappa shape index (κ3) is 2.22. The predicted octanol–water partition coefficient (Wildman–Crippen LogP) is 6.66. The number of fused-ring (bicyclic) bond motifs is 5. The molecule has 2 aliphatic carbocycles. The number of benzene rings is 3. The van der Waals surface area contributed by atoms with Gasteiger partial charge >= 0.3 is 0 Å². The van der Waals surface area contributed by atoms with Crippen molar-refractivity contribution in [2.75, 3.05) is 5.32 Å². The molecule has 3 aromatic rings. The lowest BCUT2D eigenvalue weighted by Gasteiger charge is -2.36. The first-order chi connectivity index (χ1) is 12.4. The number of hydrogen-bond acceptors (Lipinski definition) is 1. The Morgan fingerprint density at radius 1 is 0.640 bits per heavy atom. The van der Waals surface area contributed by atoms with Crippen LogP contribution in [0.5, 0.6) is 0 Å². The molecule has 5 rings (SSSR count). The summed E-state index contributed by atoms with van der Waals surface area (Å²) in [4.78, 5) is 0. The van der Waals surface area contributed by atoms with Crippen molar-refractivity contribution in [1.29, 1.82) is 0 Å². The van der Waals surface area contributed by atoms with E-state index in [4.69, 9.17) is 0 Å². The van der Waals surface area contributed by atoms with Crippen LogP contribution in [0.3, 0.4) is 0 Å². The average Bonchev–Trinajstić information content (AvgIpc) is 2.95. The Hall–Kier alpha value is -2.54. The van der Waals surface area contributed by atoms with Gasteiger partial charge in [-0.25, -0.2) is 0 Å². The van der Waals surface area contributed by atoms with Crippen LogP contribution in [-0.4, -0.2) is 0 Å². The van der Waals surface area contributed by atoms with E-state index in [1.807, 2.05) is 0 Å². The Bertz CT molecular complexity index is 904. The van der Waals surface area contributed by atoms with E-state index < -0.39 is 0 Å². The van der Waals surface area contributed by atoms with Crippen molar-refractivity contribution in [2.24, 2.45) is 0 Å². The van der Waals surface area contributed by atoms with Crippen molar-refractivity contribution in [3.05, 3.63) is 83.9 Å². The normalized spacial score (nSPS) is 17.1. The highest BCUT2D eigenvalue weighted by atomic mass is 14.9. The van der Waals surface area contributed by atoms with E-state index in [9.17, 15) is 0 Å². The fourth-order valence-corrected chi connectivity index (χ4v) is 4.98. The van der Waals surface area contributed by atoms with Crippen molar-refractivity contribution >= 4 is 11.4 Å². The Labute approximate surface area is 149 Å². The largest absolute Gasteiger partial charge is 0.355 e. The molecule has 124 valence electrons. The van der Waals surface area contributed by atoms with Gasteiger partial charge in [-0.3, -0.25) is 0 Å². The molecule has 0 radical (unpaired) electrons. The Balaban J connectivity index is 1.70. The maximum atomic E-state index is 3.67. The van der Waals surface area contributed by atoms with Crippen LogP contribution in [0, 0.1) is 0 Å². The van der Waals surface area contributed by atoms with Gasteiger partial charge in [0, 0.05) is 22.4 Å². The topological polar surface area (TPSA) is 12.0 Å². The van der Waals surface area contributed by atoms with Gasteiger partial charge in [0.1, 0.15) is 0 Å². The average molecular weight is 325 g/mol. The highest BCUT2D eigenvalue weighted by Gasteiger charge is 2.44. The van der Waals surface area contributed by atoms with Crippen LogP contribution in [0.2, 0.25) is 0 Å². The second kappa shape index (κ2) is 5.77. The van der Waals surface area contributed by atoms with E-state index in [2.05, 4.69) is 78.1 Å². The summed E-state index contributed by atoms with van der Waals surface area (Å²) in [5.41, 5.74) is 8.55. The third-order valence-corrected chi connectivity index (χ3v) is 6.05. The Morgan fingerprint density at radius 2 is 1.36 bits per heavy atom. The van der Waals surface area contributed by atoms with Crippen LogP contribution in [0.1, 0.15) is 43.2 Å². The van der Waals surface area contributed by atoms with Gasteiger partial charge in [-0.05, 0) is 47.7 Å². The van der Waals surface area contributed by atoms with Crippen molar-refractivity contribution in [2.45, 2.75) is 37.5 Å². The lowest BCUT2D eigenvalue weighted by Crippen LogP contribution is -2.27. The van der Waals surface area contributed by atoms with E-state index in [1.165, 1.54) is 54.5 Å². The summed E-state index contributed by atoms with van der Waals surface area (Å²) >= 11 is 0. The van der Waals surface area contributed by atoms with Crippen LogP contribution >= 0.6 is 0 Å². The molecule has 25 heavy (non-hydrogen) atoms. The van der Waals surface area contributed by atoms with Crippen LogP contribution in [0.4, 0.5) is 11.4 Å². The van der Waals surface area contributed by atoms with Gasteiger partial charge in [-0.2, -0.15) is 0 Å². The van der Waals surface area contributed by atoms with Gasteiger partial charge in [0.15, 0.2) is 0 Å². The molecule has 1 spiro atoms. The van der Waals surface area contributed by atoms with Gasteiger partial charge in [0.05, 0.1) is 0 Å². The molecule has 0 heterocycles. The minimum Gasteiger partial charge on any atom is -0.355 e. The minimum atomic E-state index is 0.235. The molecule has 0 unspecified atom stereocenters. The molecule has 0 amide bonds. The number of anilines is 2. The summed E-state index contributed by atoms with van der Waals surface area (Å²) in [6.07, 6.45) is 6.62. The molecule has 1 heteroatoms. The summed E-state index contributed by atoms with van der Waals surface area (Å²) in [5, 5.41) is 3.67. The highest BCUT2D eigenvalue weighted by Crippen LogP contribution is 2.57. The SMILES string of the molecule is c1ccc(Nc2cccc3c2-c2ccccc2C32CCCCC2)cc1. The third-order valence-electron chi connectivity index (χ3n) is 6.05. The predicted molar refractivity (Wildman–Crippen MR) is 105 cm³/mol. The van der Waals surface area contributed by atoms with E-state index in [0.29, 0.717) is 0 Å². The van der Waals surface area contributed by atoms with E-state index in [0.717, 1.165) is 5.69 Å². The number of nitrogens with one attached hydrogen (secondary N) is 1. The molecular formula is C24H23N. The lowest BCUT2D eigenvalue weighted by atomic mass is 9.68. The van der Waals surface area contributed by atoms with Gasteiger partial charge in [-0.1, -0.05) is 73.9 Å². The molecule has 0 aliphatic heterocycles. The van der Waals surface area contributed by atoms with Crippen molar-refractivity contribution in [3.63, 3.8) is 0 Å². The van der Waals surface area contributed by atoms with Gasteiger partial charge in [0.2, 0.25) is 0 Å². The summed E-state index contributed by atoms with van der Waals surface area (Å²) in [6, 6.07) is 26.4. The standard InChI is InChI=1S/C24H23N/c1-3-10-18(11-4-1)25-22-15-9-14-21-23(22)19-12-5-6-13-20(19)24(21)16-7-2-8-17-24/h1,3-6,9-15,25H,2,7-8,16-17H2. The van der Waals surface area contributed by atoms with Crippen LogP contribution in [0.15, 0.2) is 72.8 Å². The van der Waals surface area contributed by atoms with Gasteiger partial charge in [-0.15, -0.1) is 0 Å². The fraction of sp³-hybridized carbons (Fsp3) is 0.250. The Morgan fingerprint density at radius 3 is 2.20 bits per heavy atom. The van der Waals surface area contributed by atoms with Crippen molar-refractivity contribution in [3.8, 4) is 11.1 Å². The first-order valence-corrected chi connectivity index (χ1v) is 9.44. The zero-order valence-corrected chi connectivity index (χ0v) is 14.5. The molecule has 1 N–H and O–H groups in total. The summed E-state index contributed by atoms with van der Waals surface area (Å²) in [7, 11) is 0. The Kier molecular flexibility index (Phi) is 3.41. The lowest BCUT2D eigenvalue weighted by molar-refractivity contribution is 0.353. The second-order valence-electron chi connectivity index (χ2n) is 7.41. The van der Waals surface area contributed by atoms with E-state index in [1.54, 1.807) is 5.56 Å². The molecule has 0 saturated heterocycles. The molecule has 0 bridgehead atoms. The smallest absolute Gasteiger partial charge is 0.0467 e. The van der Waals surface area contributed by atoms with Crippen molar-refractivity contribution in [1.82, 2.24) is 0 Å². The quantitative estimate of drug-likeness (QED) is 0.555. The highest BCUT2D eigenvalue weighted by molar-refractivity contribution is 5.91. The van der Waals surface area contributed by atoms with Crippen molar-refractivity contribution < 1.29 is 0 Å². The first-order valence-electron chi connectivity index (χ1n) is 9.44. The number of rotatable bonds is 2. The summed E-state index contributed by atoms with van der Waals surface area (Å²) in [5.74, 6) is 0. The van der Waals surface area contributed by atoms with E-state index in [-0.39, 0.29) is 5.41 Å².